The average Bonchev–Trinajstić information content (AvgIpc) is 2.95. The summed E-state index contributed by atoms with van der Waals surface area (Å²) in [5, 5.41) is 10.1. The summed E-state index contributed by atoms with van der Waals surface area (Å²) in [6, 6.07) is 0. The summed E-state index contributed by atoms with van der Waals surface area (Å²) in [4.78, 5) is 2.37. The van der Waals surface area contributed by atoms with Crippen molar-refractivity contribution in [2.45, 2.75) is 63.9 Å². The van der Waals surface area contributed by atoms with Gasteiger partial charge in [0.05, 0.1) is 12.7 Å². The number of aliphatic hydroxyl groups is 1. The number of nitrogens with zero attached hydrogens (tertiary/aromatic N) is 1. The second-order valence-corrected chi connectivity index (χ2v) is 8.90. The molecule has 3 nitrogen and oxygen atoms in total. The largest absolute Gasteiger partial charge is 1.00 e. The Kier molecular flexibility index (Phi) is 5.94. The van der Waals surface area contributed by atoms with Gasteiger partial charge in [-0.1, -0.05) is 0 Å². The smallest absolute Gasteiger partial charge is 0.0900 e. The minimum atomic E-state index is -0.297. The van der Waals surface area contributed by atoms with Crippen LogP contribution in [0.2, 0.25) is 0 Å². The van der Waals surface area contributed by atoms with Gasteiger partial charge in [0.2, 0.25) is 0 Å². The molecule has 1 atom stereocenters. The molecular weight excluding hydrogens is 310 g/mol. The molecule has 0 aromatic rings. The Morgan fingerprint density at radius 2 is 1.57 bits per heavy atom. The first-order valence-corrected chi connectivity index (χ1v) is 9.69. The fourth-order valence-corrected chi connectivity index (χ4v) is 6.42. The van der Waals surface area contributed by atoms with E-state index in [2.05, 4.69) is 4.90 Å². The van der Waals surface area contributed by atoms with Gasteiger partial charge in [0.25, 0.3) is 0 Å². The van der Waals surface area contributed by atoms with Crippen molar-refractivity contribution < 1.29 is 22.3 Å². The predicted molar refractivity (Wildman–Crippen MR) is 87.7 cm³/mol. The zero-order valence-electron chi connectivity index (χ0n) is 14.4. The number of halogens is 1. The molecule has 4 bridgehead atoms. The molecule has 1 N–H and O–H groups in total. The monoisotopic (exact) mass is 342 g/mol. The van der Waals surface area contributed by atoms with Crippen molar-refractivity contribution in [1.29, 1.82) is 0 Å². The van der Waals surface area contributed by atoms with Crippen LogP contribution in [0.5, 0.6) is 0 Å². The number of β-amino-alcohol motifs (C(OH)–C–C–N with tert-alkyl or cyclic N) is 1. The van der Waals surface area contributed by atoms with E-state index in [1.165, 1.54) is 57.8 Å². The predicted octanol–water partition coefficient (Wildman–Crippen LogP) is 0.0702. The summed E-state index contributed by atoms with van der Waals surface area (Å²) in [5.74, 6) is 3.10. The van der Waals surface area contributed by atoms with Crippen LogP contribution in [0.4, 0.5) is 0 Å². The van der Waals surface area contributed by atoms with Gasteiger partial charge in [-0.15, -0.1) is 0 Å². The van der Waals surface area contributed by atoms with Gasteiger partial charge >= 0.3 is 0 Å². The molecule has 1 heterocycles. The Bertz CT molecular complexity index is 348. The van der Waals surface area contributed by atoms with Gasteiger partial charge in [0.15, 0.2) is 0 Å². The molecule has 134 valence electrons. The van der Waals surface area contributed by atoms with Crippen LogP contribution in [0.3, 0.4) is 0 Å². The lowest BCUT2D eigenvalue weighted by atomic mass is 9.49. The molecule has 4 aliphatic carbocycles. The zero-order chi connectivity index (χ0) is 15.0. The van der Waals surface area contributed by atoms with Crippen molar-refractivity contribution in [1.82, 2.24) is 4.90 Å². The highest BCUT2D eigenvalue weighted by Gasteiger charge is 2.50. The molecule has 1 unspecified atom stereocenters. The number of likely N-dealkylation sites (tertiary alicyclic amines) is 1. The second kappa shape index (κ2) is 7.59. The fourth-order valence-electron chi connectivity index (χ4n) is 6.42. The highest BCUT2D eigenvalue weighted by atomic mass is 35.5. The van der Waals surface area contributed by atoms with Crippen LogP contribution in [0.15, 0.2) is 0 Å². The van der Waals surface area contributed by atoms with Gasteiger partial charge in [0.1, 0.15) is 0 Å². The van der Waals surface area contributed by atoms with Crippen molar-refractivity contribution in [3.63, 3.8) is 0 Å². The van der Waals surface area contributed by atoms with Crippen LogP contribution in [-0.4, -0.2) is 49.0 Å². The average molecular weight is 343 g/mol. The molecule has 0 spiro atoms. The van der Waals surface area contributed by atoms with E-state index in [-0.39, 0.29) is 18.5 Å². The van der Waals surface area contributed by atoms with Crippen LogP contribution in [-0.2, 0) is 4.74 Å². The molecule has 1 aliphatic heterocycles. The summed E-state index contributed by atoms with van der Waals surface area (Å²) in [7, 11) is 0. The van der Waals surface area contributed by atoms with Gasteiger partial charge in [-0.3, -0.25) is 0 Å². The molecule has 0 aromatic heterocycles. The fraction of sp³-hybridized carbons (Fsp3) is 1.00. The van der Waals surface area contributed by atoms with E-state index >= 15 is 0 Å². The maximum atomic E-state index is 10.1. The number of rotatable bonds is 7. The van der Waals surface area contributed by atoms with Crippen molar-refractivity contribution in [3.05, 3.63) is 0 Å². The SMILES string of the molecule is OC(COCCC12CC3CC(CC(C3)C1)C2)CN1CCCC1.[Cl-]. The third-order valence-corrected chi connectivity index (χ3v) is 6.92. The van der Waals surface area contributed by atoms with Gasteiger partial charge < -0.3 is 27.2 Å². The van der Waals surface area contributed by atoms with E-state index in [0.29, 0.717) is 12.0 Å². The first-order chi connectivity index (χ1) is 10.7. The molecule has 0 aromatic carbocycles. The van der Waals surface area contributed by atoms with Gasteiger partial charge in [-0.05, 0) is 94.0 Å². The number of hydrogen-bond donors (Lipinski definition) is 1. The second-order valence-electron chi connectivity index (χ2n) is 8.90. The molecule has 5 fully saturated rings. The minimum Gasteiger partial charge on any atom is -1.00 e. The topological polar surface area (TPSA) is 32.7 Å². The third kappa shape index (κ3) is 4.23. The van der Waals surface area contributed by atoms with Gasteiger partial charge in [-0.2, -0.15) is 0 Å². The van der Waals surface area contributed by atoms with E-state index in [0.717, 1.165) is 44.0 Å². The first-order valence-electron chi connectivity index (χ1n) is 9.69. The van der Waals surface area contributed by atoms with Crippen LogP contribution in [0.25, 0.3) is 0 Å². The Morgan fingerprint density at radius 3 is 2.13 bits per heavy atom. The Morgan fingerprint density at radius 1 is 1.00 bits per heavy atom. The summed E-state index contributed by atoms with van der Waals surface area (Å²) < 4.78 is 5.87. The van der Waals surface area contributed by atoms with Crippen molar-refractivity contribution >= 4 is 0 Å². The number of ether oxygens (including phenoxy) is 1. The lowest BCUT2D eigenvalue weighted by molar-refractivity contribution is -0.0739. The summed E-state index contributed by atoms with van der Waals surface area (Å²) >= 11 is 0. The van der Waals surface area contributed by atoms with Crippen LogP contribution in [0.1, 0.15) is 57.8 Å². The third-order valence-electron chi connectivity index (χ3n) is 6.92. The quantitative estimate of drug-likeness (QED) is 0.665. The zero-order valence-corrected chi connectivity index (χ0v) is 15.1. The normalized spacial score (nSPS) is 40.3. The molecule has 4 heteroatoms. The van der Waals surface area contributed by atoms with Crippen molar-refractivity contribution in [3.8, 4) is 0 Å². The van der Waals surface area contributed by atoms with Gasteiger partial charge in [0, 0.05) is 13.2 Å². The molecule has 5 rings (SSSR count). The van der Waals surface area contributed by atoms with Gasteiger partial charge in [-0.25, -0.2) is 0 Å². The van der Waals surface area contributed by atoms with E-state index in [4.69, 9.17) is 4.74 Å². The molecule has 23 heavy (non-hydrogen) atoms. The van der Waals surface area contributed by atoms with Crippen molar-refractivity contribution in [2.75, 3.05) is 32.8 Å². The summed E-state index contributed by atoms with van der Waals surface area (Å²) in [6.07, 6.45) is 12.5. The first kappa shape index (κ1) is 18.0. The highest BCUT2D eigenvalue weighted by Crippen LogP contribution is 2.61. The molecule has 4 saturated carbocycles. The van der Waals surface area contributed by atoms with Crippen molar-refractivity contribution in [2.24, 2.45) is 23.2 Å². The minimum absolute atomic E-state index is 0. The summed E-state index contributed by atoms with van der Waals surface area (Å²) in [5.41, 5.74) is 0.620. The highest BCUT2D eigenvalue weighted by molar-refractivity contribution is 5.01. The molecule has 0 radical (unpaired) electrons. The number of aliphatic hydroxyl groups excluding tert-OH is 1. The maximum Gasteiger partial charge on any atom is 0.0900 e. The van der Waals surface area contributed by atoms with Crippen LogP contribution < -0.4 is 12.4 Å². The maximum absolute atomic E-state index is 10.1. The lowest BCUT2D eigenvalue weighted by Gasteiger charge is -2.57. The van der Waals surface area contributed by atoms with Crippen LogP contribution >= 0.6 is 0 Å². The Labute approximate surface area is 147 Å². The summed E-state index contributed by atoms with van der Waals surface area (Å²) in [6.45, 7) is 4.51. The molecular formula is C19H33ClNO2-. The Hall–Kier alpha value is 0.170. The van der Waals surface area contributed by atoms with E-state index in [1.54, 1.807) is 0 Å². The van der Waals surface area contributed by atoms with Crippen LogP contribution in [0, 0.1) is 23.2 Å². The lowest BCUT2D eigenvalue weighted by Crippen LogP contribution is -3.00. The molecule has 1 saturated heterocycles. The molecule has 5 aliphatic rings. The molecule has 0 amide bonds. The number of hydrogen-bond acceptors (Lipinski definition) is 3. The standard InChI is InChI=1S/C19H33NO2.ClH/c21-18(13-20-4-1-2-5-20)14-22-6-3-19-10-15-7-16(11-19)9-17(8-15)12-19;/h15-18,21H,1-14H2;1H/p-1. The van der Waals surface area contributed by atoms with E-state index < -0.39 is 0 Å². The van der Waals surface area contributed by atoms with E-state index in [9.17, 15) is 5.11 Å². The van der Waals surface area contributed by atoms with E-state index in [1.807, 2.05) is 0 Å². The Balaban J connectivity index is 0.00000156.